The van der Waals surface area contributed by atoms with Crippen LogP contribution < -0.4 is 16.0 Å². The topological polar surface area (TPSA) is 64.1 Å². The minimum atomic E-state index is -0.359. The number of rotatable bonds is 4. The van der Waals surface area contributed by atoms with Crippen molar-refractivity contribution in [3.8, 4) is 5.75 Å². The molecule has 0 atom stereocenters. The highest BCUT2D eigenvalue weighted by atomic mass is 32.1. The second-order valence-electron chi connectivity index (χ2n) is 5.38. The van der Waals surface area contributed by atoms with Gasteiger partial charge in [0.25, 0.3) is 5.56 Å². The number of thiophene rings is 1. The lowest BCUT2D eigenvalue weighted by Crippen LogP contribution is -2.34. The maximum atomic E-state index is 12.5. The van der Waals surface area contributed by atoms with Crippen molar-refractivity contribution in [3.05, 3.63) is 61.1 Å². The number of hydrogen-bond acceptors (Lipinski definition) is 4. The van der Waals surface area contributed by atoms with E-state index in [1.165, 1.54) is 15.9 Å². The van der Waals surface area contributed by atoms with E-state index in [4.69, 9.17) is 4.74 Å². The first-order valence-electron chi connectivity index (χ1n) is 7.63. The molecule has 0 saturated carbocycles. The molecule has 0 unspecified atom stereocenters. The van der Waals surface area contributed by atoms with Gasteiger partial charge in [0, 0.05) is 11.4 Å². The van der Waals surface area contributed by atoms with Crippen molar-refractivity contribution in [3.63, 3.8) is 0 Å². The van der Waals surface area contributed by atoms with Crippen LogP contribution in [0.3, 0.4) is 0 Å². The summed E-state index contributed by atoms with van der Waals surface area (Å²) in [5.41, 5.74) is 1.34. The molecule has 0 radical (unpaired) electrons. The fourth-order valence-corrected chi connectivity index (χ4v) is 3.69. The fraction of sp³-hybridized carbons (Fsp3) is 0.222. The van der Waals surface area contributed by atoms with Crippen molar-refractivity contribution in [2.75, 3.05) is 7.11 Å². The van der Waals surface area contributed by atoms with E-state index in [1.54, 1.807) is 14.0 Å². The zero-order valence-electron chi connectivity index (χ0n) is 13.8. The molecule has 0 saturated heterocycles. The van der Waals surface area contributed by atoms with Crippen molar-refractivity contribution >= 4 is 33.7 Å². The van der Waals surface area contributed by atoms with E-state index >= 15 is 0 Å². The van der Waals surface area contributed by atoms with Gasteiger partial charge in [-0.15, -0.1) is 11.3 Å². The number of aromatic amines is 1. The number of benzene rings is 1. The number of aromatic nitrogens is 2. The monoisotopic (exact) mass is 342 g/mol. The fourth-order valence-electron chi connectivity index (χ4n) is 2.60. The molecule has 0 fully saturated rings. The van der Waals surface area contributed by atoms with Crippen LogP contribution in [0.4, 0.5) is 0 Å². The molecule has 0 aliphatic rings. The number of nitrogens with one attached hydrogen (secondary N) is 1. The van der Waals surface area contributed by atoms with Gasteiger partial charge in [-0.2, -0.15) is 0 Å². The first kappa shape index (κ1) is 16.3. The number of nitrogens with zero attached hydrogens (tertiary/aromatic N) is 1. The summed E-state index contributed by atoms with van der Waals surface area (Å²) in [7, 11) is 1.63. The van der Waals surface area contributed by atoms with Gasteiger partial charge in [-0.3, -0.25) is 14.3 Å². The van der Waals surface area contributed by atoms with E-state index in [9.17, 15) is 9.59 Å². The molecule has 2 aromatic heterocycles. The van der Waals surface area contributed by atoms with Gasteiger partial charge in [0.2, 0.25) is 0 Å². The number of aryl methyl sites for hydroxylation is 1. The van der Waals surface area contributed by atoms with E-state index in [0.29, 0.717) is 16.8 Å². The zero-order chi connectivity index (χ0) is 17.3. The van der Waals surface area contributed by atoms with Crippen LogP contribution in [-0.2, 0) is 6.54 Å². The summed E-state index contributed by atoms with van der Waals surface area (Å²) in [6, 6.07) is 7.72. The molecule has 1 aromatic carbocycles. The molecule has 6 heteroatoms. The highest BCUT2D eigenvalue weighted by Gasteiger charge is 2.13. The molecular weight excluding hydrogens is 324 g/mol. The number of fused-ring (bicyclic) bond motifs is 1. The molecule has 0 spiro atoms. The average Bonchev–Trinajstić information content (AvgIpc) is 2.89. The lowest BCUT2D eigenvalue weighted by molar-refractivity contribution is 0.415. The zero-order valence-corrected chi connectivity index (χ0v) is 14.6. The minimum absolute atomic E-state index is 0.228. The average molecular weight is 342 g/mol. The van der Waals surface area contributed by atoms with Gasteiger partial charge in [0.15, 0.2) is 0 Å². The summed E-state index contributed by atoms with van der Waals surface area (Å²) < 4.78 is 6.37. The largest absolute Gasteiger partial charge is 0.497 e. The second kappa shape index (κ2) is 6.49. The molecule has 0 bridgehead atoms. The van der Waals surface area contributed by atoms with Crippen LogP contribution in [0.2, 0.25) is 0 Å². The van der Waals surface area contributed by atoms with Crippen molar-refractivity contribution in [2.24, 2.45) is 0 Å². The predicted molar refractivity (Wildman–Crippen MR) is 99.0 cm³/mol. The summed E-state index contributed by atoms with van der Waals surface area (Å²) >= 11 is 1.42. The summed E-state index contributed by atoms with van der Waals surface area (Å²) in [6.07, 6.45) is 3.95. The Morgan fingerprint density at radius 2 is 1.92 bits per heavy atom. The van der Waals surface area contributed by atoms with Crippen LogP contribution in [0.15, 0.2) is 33.9 Å². The third kappa shape index (κ3) is 2.80. The van der Waals surface area contributed by atoms with Gasteiger partial charge in [0.1, 0.15) is 10.6 Å². The maximum Gasteiger partial charge on any atom is 0.329 e. The smallest absolute Gasteiger partial charge is 0.329 e. The van der Waals surface area contributed by atoms with E-state index in [1.807, 2.05) is 43.3 Å². The Kier molecular flexibility index (Phi) is 4.40. The number of H-pyrrole nitrogens is 1. The van der Waals surface area contributed by atoms with E-state index in [0.717, 1.165) is 21.8 Å². The molecule has 3 aromatic rings. The summed E-state index contributed by atoms with van der Waals surface area (Å²) in [6.45, 7) is 4.05. The Morgan fingerprint density at radius 3 is 2.54 bits per heavy atom. The van der Waals surface area contributed by atoms with Gasteiger partial charge >= 0.3 is 5.69 Å². The summed E-state index contributed by atoms with van der Waals surface area (Å²) in [5.74, 6) is 0.808. The Labute approximate surface area is 142 Å². The quantitative estimate of drug-likeness (QED) is 0.791. The Morgan fingerprint density at radius 1 is 1.21 bits per heavy atom. The third-order valence-corrected chi connectivity index (χ3v) is 5.14. The molecule has 124 valence electrons. The van der Waals surface area contributed by atoms with Crippen LogP contribution in [0.25, 0.3) is 22.4 Å². The van der Waals surface area contributed by atoms with Crippen LogP contribution in [0.1, 0.15) is 22.9 Å². The standard InChI is InChI=1S/C18H18N2O3S/c1-4-20-17(21)15-11(2)14(24-16(15)19-18(20)22)10-7-12-5-8-13(23-3)9-6-12/h5-10H,4H2,1-3H3,(H,19,22)/b10-7+. The van der Waals surface area contributed by atoms with E-state index in [2.05, 4.69) is 4.98 Å². The molecule has 1 N–H and O–H groups in total. The van der Waals surface area contributed by atoms with Crippen LogP contribution in [0.5, 0.6) is 5.75 Å². The maximum absolute atomic E-state index is 12.5. The number of hydrogen-bond donors (Lipinski definition) is 1. The first-order chi connectivity index (χ1) is 11.5. The van der Waals surface area contributed by atoms with Crippen molar-refractivity contribution in [1.82, 2.24) is 9.55 Å². The number of ether oxygens (including phenoxy) is 1. The van der Waals surface area contributed by atoms with Gasteiger partial charge in [-0.25, -0.2) is 4.79 Å². The molecule has 0 amide bonds. The minimum Gasteiger partial charge on any atom is -0.497 e. The molecule has 2 heterocycles. The van der Waals surface area contributed by atoms with Crippen molar-refractivity contribution in [2.45, 2.75) is 20.4 Å². The van der Waals surface area contributed by atoms with Gasteiger partial charge in [0.05, 0.1) is 12.5 Å². The van der Waals surface area contributed by atoms with Crippen molar-refractivity contribution < 1.29 is 4.74 Å². The van der Waals surface area contributed by atoms with Crippen molar-refractivity contribution in [1.29, 1.82) is 0 Å². The molecule has 24 heavy (non-hydrogen) atoms. The SMILES string of the molecule is CCn1c(=O)[nH]c2sc(/C=C/c3ccc(OC)cc3)c(C)c2c1=O. The lowest BCUT2D eigenvalue weighted by atomic mass is 10.1. The molecule has 5 nitrogen and oxygen atoms in total. The summed E-state index contributed by atoms with van der Waals surface area (Å²) in [5, 5.41) is 0.593. The Hall–Kier alpha value is -2.60. The highest BCUT2D eigenvalue weighted by molar-refractivity contribution is 7.19. The summed E-state index contributed by atoms with van der Waals surface area (Å²) in [4.78, 5) is 28.8. The first-order valence-corrected chi connectivity index (χ1v) is 8.45. The van der Waals surface area contributed by atoms with Crippen LogP contribution in [0, 0.1) is 6.92 Å². The predicted octanol–water partition coefficient (Wildman–Crippen LogP) is 3.26. The van der Waals surface area contributed by atoms with Gasteiger partial charge in [-0.05, 0) is 43.2 Å². The van der Waals surface area contributed by atoms with E-state index < -0.39 is 0 Å². The molecule has 0 aliphatic carbocycles. The highest BCUT2D eigenvalue weighted by Crippen LogP contribution is 2.28. The lowest BCUT2D eigenvalue weighted by Gasteiger charge is -2.00. The van der Waals surface area contributed by atoms with Gasteiger partial charge < -0.3 is 4.74 Å². The number of methoxy groups -OCH3 is 1. The molecule has 3 rings (SSSR count). The normalized spacial score (nSPS) is 11.5. The van der Waals surface area contributed by atoms with Crippen LogP contribution in [-0.4, -0.2) is 16.7 Å². The third-order valence-electron chi connectivity index (χ3n) is 3.97. The Balaban J connectivity index is 2.05. The Bertz CT molecular complexity index is 1020. The van der Waals surface area contributed by atoms with Crippen LogP contribution >= 0.6 is 11.3 Å². The molecule has 0 aliphatic heterocycles. The van der Waals surface area contributed by atoms with E-state index in [-0.39, 0.29) is 11.2 Å². The molecular formula is C18H18N2O3S. The second-order valence-corrected chi connectivity index (χ2v) is 6.43. The van der Waals surface area contributed by atoms with Gasteiger partial charge in [-0.1, -0.05) is 18.2 Å².